The van der Waals surface area contributed by atoms with Crippen molar-refractivity contribution in [3.8, 4) is 0 Å². The smallest absolute Gasteiger partial charge is 0.418 e. The number of carbonyl (C=O) groups is 1. The summed E-state index contributed by atoms with van der Waals surface area (Å²) in [5.41, 5.74) is -0.801. The largest absolute Gasteiger partial charge is 0.463 e. The van der Waals surface area contributed by atoms with Crippen molar-refractivity contribution >= 4 is 29.0 Å². The Bertz CT molecular complexity index is 901. The van der Waals surface area contributed by atoms with Crippen LogP contribution in [0.5, 0.6) is 0 Å². The fourth-order valence-electron chi connectivity index (χ4n) is 3.26. The third-order valence-corrected chi connectivity index (χ3v) is 5.14. The van der Waals surface area contributed by atoms with Crippen molar-refractivity contribution in [1.29, 1.82) is 0 Å². The lowest BCUT2D eigenvalue weighted by Crippen LogP contribution is -2.38. The molecule has 2 heterocycles. The predicted octanol–water partition coefficient (Wildman–Crippen LogP) is 3.99. The lowest BCUT2D eigenvalue weighted by molar-refractivity contribution is -0.136. The number of anilines is 1. The first-order valence-electron chi connectivity index (χ1n) is 9.39. The van der Waals surface area contributed by atoms with Crippen LogP contribution in [0.1, 0.15) is 28.3 Å². The van der Waals surface area contributed by atoms with E-state index >= 15 is 0 Å². The first kappa shape index (κ1) is 22.1. The molecule has 162 valence electrons. The molecule has 0 saturated carbocycles. The van der Waals surface area contributed by atoms with Crippen molar-refractivity contribution in [1.82, 2.24) is 9.80 Å². The zero-order valence-electron chi connectivity index (χ0n) is 16.4. The minimum absolute atomic E-state index is 0.0537. The van der Waals surface area contributed by atoms with Crippen LogP contribution in [0.15, 0.2) is 40.8 Å². The number of para-hydroxylation sites is 1. The molecular formula is C20H22F3N3O3S. The number of nitrogens with one attached hydrogen (secondary N) is 1. The summed E-state index contributed by atoms with van der Waals surface area (Å²) < 4.78 is 49.7. The van der Waals surface area contributed by atoms with Gasteiger partial charge in [-0.1, -0.05) is 12.1 Å². The van der Waals surface area contributed by atoms with Gasteiger partial charge in [0.05, 0.1) is 24.9 Å². The lowest BCUT2D eigenvalue weighted by Gasteiger charge is -2.25. The molecule has 0 atom stereocenters. The second kappa shape index (κ2) is 9.48. The molecule has 1 aliphatic heterocycles. The van der Waals surface area contributed by atoms with E-state index in [4.69, 9.17) is 16.6 Å². The number of nitrogens with zero attached hydrogens (tertiary/aromatic N) is 2. The second-order valence-electron chi connectivity index (χ2n) is 6.85. The number of furan rings is 1. The van der Waals surface area contributed by atoms with Crippen LogP contribution in [-0.4, -0.2) is 54.2 Å². The molecule has 0 aliphatic carbocycles. The van der Waals surface area contributed by atoms with Crippen LogP contribution in [0.3, 0.4) is 0 Å². The van der Waals surface area contributed by atoms with Crippen molar-refractivity contribution in [2.75, 3.05) is 38.6 Å². The summed E-state index contributed by atoms with van der Waals surface area (Å²) in [6.45, 7) is 3.12. The van der Waals surface area contributed by atoms with E-state index in [0.717, 1.165) is 19.0 Å². The third kappa shape index (κ3) is 5.51. The predicted molar refractivity (Wildman–Crippen MR) is 109 cm³/mol. The number of halogens is 3. The maximum absolute atomic E-state index is 13.2. The third-order valence-electron chi connectivity index (χ3n) is 4.78. The Morgan fingerprint density at radius 1 is 1.17 bits per heavy atom. The first-order chi connectivity index (χ1) is 14.3. The summed E-state index contributed by atoms with van der Waals surface area (Å²) in [6.07, 6.45) is -3.67. The molecule has 30 heavy (non-hydrogen) atoms. The van der Waals surface area contributed by atoms with Gasteiger partial charge in [-0.15, -0.1) is 0 Å². The number of alkyl halides is 3. The van der Waals surface area contributed by atoms with Gasteiger partial charge in [-0.3, -0.25) is 4.90 Å². The number of benzene rings is 1. The summed E-state index contributed by atoms with van der Waals surface area (Å²) in [6, 6.07) is 8.59. The van der Waals surface area contributed by atoms with Crippen LogP contribution in [-0.2, 0) is 17.5 Å². The molecule has 1 saturated heterocycles. The number of hydrogen-bond acceptors (Lipinski definition) is 5. The maximum Gasteiger partial charge on any atom is 0.418 e. The topological polar surface area (TPSA) is 58.0 Å². The van der Waals surface area contributed by atoms with Crippen LogP contribution in [0.2, 0.25) is 0 Å². The van der Waals surface area contributed by atoms with Gasteiger partial charge in [-0.25, -0.2) is 4.79 Å². The number of methoxy groups -OCH3 is 1. The molecule has 0 bridgehead atoms. The van der Waals surface area contributed by atoms with Gasteiger partial charge in [0.2, 0.25) is 5.76 Å². The van der Waals surface area contributed by atoms with Crippen molar-refractivity contribution < 1.29 is 27.1 Å². The Hall–Kier alpha value is -2.59. The number of carbonyl (C=O) groups excluding carboxylic acids is 1. The van der Waals surface area contributed by atoms with E-state index < -0.39 is 17.7 Å². The molecule has 3 rings (SSSR count). The van der Waals surface area contributed by atoms with Gasteiger partial charge >= 0.3 is 12.1 Å². The highest BCUT2D eigenvalue weighted by Crippen LogP contribution is 2.34. The van der Waals surface area contributed by atoms with E-state index in [1.54, 1.807) is 12.1 Å². The Kier molecular flexibility index (Phi) is 6.99. The van der Waals surface area contributed by atoms with Crippen LogP contribution in [0.4, 0.5) is 18.9 Å². The Labute approximate surface area is 177 Å². The fraction of sp³-hybridized carbons (Fsp3) is 0.400. The van der Waals surface area contributed by atoms with Gasteiger partial charge in [-0.2, -0.15) is 13.2 Å². The molecule has 1 N–H and O–H groups in total. The van der Waals surface area contributed by atoms with Crippen molar-refractivity contribution in [2.24, 2.45) is 0 Å². The van der Waals surface area contributed by atoms with E-state index in [1.807, 2.05) is 4.90 Å². The fourth-order valence-corrected chi connectivity index (χ4v) is 3.55. The van der Waals surface area contributed by atoms with Gasteiger partial charge in [0.1, 0.15) is 5.76 Å². The maximum atomic E-state index is 13.2. The highest BCUT2D eigenvalue weighted by atomic mass is 32.1. The van der Waals surface area contributed by atoms with E-state index in [9.17, 15) is 18.0 Å². The molecule has 1 aliphatic rings. The van der Waals surface area contributed by atoms with Crippen LogP contribution in [0, 0.1) is 0 Å². The summed E-state index contributed by atoms with van der Waals surface area (Å²) in [5.74, 6) is 0.264. The average molecular weight is 441 g/mol. The number of ether oxygens (including phenoxy) is 1. The molecule has 1 aromatic heterocycles. The number of rotatable bonds is 4. The van der Waals surface area contributed by atoms with E-state index in [2.05, 4.69) is 15.0 Å². The Balaban J connectivity index is 1.58. The highest BCUT2D eigenvalue weighted by molar-refractivity contribution is 7.80. The van der Waals surface area contributed by atoms with E-state index in [1.165, 1.54) is 25.3 Å². The molecule has 0 radical (unpaired) electrons. The SMILES string of the molecule is COC(=O)c1ccc(CN2CCCN(C(=S)Nc3ccccc3C(F)(F)F)CC2)o1. The summed E-state index contributed by atoms with van der Waals surface area (Å²) in [7, 11) is 1.29. The first-order valence-corrected chi connectivity index (χ1v) is 9.80. The quantitative estimate of drug-likeness (QED) is 0.569. The number of esters is 1. The van der Waals surface area contributed by atoms with Crippen molar-refractivity contribution in [3.05, 3.63) is 53.5 Å². The molecular weight excluding hydrogens is 419 g/mol. The normalized spacial score (nSPS) is 15.5. The average Bonchev–Trinajstić information content (AvgIpc) is 3.04. The van der Waals surface area contributed by atoms with E-state index in [-0.39, 0.29) is 16.6 Å². The Morgan fingerprint density at radius 2 is 1.93 bits per heavy atom. The molecule has 10 heteroatoms. The highest BCUT2D eigenvalue weighted by Gasteiger charge is 2.33. The van der Waals surface area contributed by atoms with Crippen LogP contribution >= 0.6 is 12.2 Å². The summed E-state index contributed by atoms with van der Waals surface area (Å²) in [5, 5.41) is 3.01. The van der Waals surface area contributed by atoms with E-state index in [0.29, 0.717) is 31.9 Å². The molecule has 6 nitrogen and oxygen atoms in total. The van der Waals surface area contributed by atoms with Gasteiger partial charge in [-0.05, 0) is 42.9 Å². The van der Waals surface area contributed by atoms with Crippen LogP contribution < -0.4 is 5.32 Å². The molecule has 1 fully saturated rings. The second-order valence-corrected chi connectivity index (χ2v) is 7.23. The minimum Gasteiger partial charge on any atom is -0.463 e. The number of thiocarbonyl (C=S) groups is 1. The minimum atomic E-state index is -4.46. The molecule has 0 amide bonds. The summed E-state index contributed by atoms with van der Waals surface area (Å²) >= 11 is 5.37. The van der Waals surface area contributed by atoms with Gasteiger partial charge in [0.15, 0.2) is 5.11 Å². The summed E-state index contributed by atoms with van der Waals surface area (Å²) in [4.78, 5) is 15.5. The molecule has 0 unspecified atom stereocenters. The zero-order chi connectivity index (χ0) is 21.7. The van der Waals surface area contributed by atoms with Crippen LogP contribution in [0.25, 0.3) is 0 Å². The molecule has 2 aromatic rings. The van der Waals surface area contributed by atoms with Crippen molar-refractivity contribution in [2.45, 2.75) is 19.1 Å². The van der Waals surface area contributed by atoms with Gasteiger partial charge in [0, 0.05) is 26.2 Å². The lowest BCUT2D eigenvalue weighted by atomic mass is 10.1. The van der Waals surface area contributed by atoms with Gasteiger partial charge in [0.25, 0.3) is 0 Å². The molecule has 0 spiro atoms. The van der Waals surface area contributed by atoms with Gasteiger partial charge < -0.3 is 19.4 Å². The molecule has 1 aromatic carbocycles. The standard InChI is InChI=1S/C20H22F3N3O3S/c1-28-18(27)17-8-7-14(29-17)13-25-9-4-10-26(12-11-25)19(30)24-16-6-3-2-5-15(16)20(21,22)23/h2-3,5-8H,4,9-13H2,1H3,(H,24,30). The number of hydrogen-bond donors (Lipinski definition) is 1. The zero-order valence-corrected chi connectivity index (χ0v) is 17.2. The Morgan fingerprint density at radius 3 is 2.67 bits per heavy atom. The monoisotopic (exact) mass is 441 g/mol. The van der Waals surface area contributed by atoms with Crippen molar-refractivity contribution in [3.63, 3.8) is 0 Å².